The van der Waals surface area contributed by atoms with Gasteiger partial charge in [-0.2, -0.15) is 0 Å². The lowest BCUT2D eigenvalue weighted by molar-refractivity contribution is -0.138. The van der Waals surface area contributed by atoms with Crippen LogP contribution in [0.4, 0.5) is 4.79 Å². The van der Waals surface area contributed by atoms with Crippen molar-refractivity contribution in [3.8, 4) is 0 Å². The lowest BCUT2D eigenvalue weighted by Gasteiger charge is -2.36. The first-order valence-electron chi connectivity index (χ1n) is 7.88. The van der Waals surface area contributed by atoms with E-state index in [9.17, 15) is 9.59 Å². The van der Waals surface area contributed by atoms with E-state index in [0.717, 1.165) is 12.8 Å². The van der Waals surface area contributed by atoms with Gasteiger partial charge in [0.05, 0.1) is 18.9 Å². The lowest BCUT2D eigenvalue weighted by Crippen LogP contribution is -2.52. The molecule has 2 amide bonds. The van der Waals surface area contributed by atoms with E-state index in [4.69, 9.17) is 4.74 Å². The van der Waals surface area contributed by atoms with Gasteiger partial charge in [-0.25, -0.2) is 9.78 Å². The highest BCUT2D eigenvalue weighted by molar-refractivity contribution is 5.79. The van der Waals surface area contributed by atoms with Crippen LogP contribution >= 0.6 is 0 Å². The number of hydrogen-bond acceptors (Lipinski definition) is 4. The van der Waals surface area contributed by atoms with Gasteiger partial charge in [-0.05, 0) is 19.8 Å². The predicted octanol–water partition coefficient (Wildman–Crippen LogP) is 0.746. The molecule has 3 rings (SSSR count). The van der Waals surface area contributed by atoms with Gasteiger partial charge in [0.15, 0.2) is 0 Å². The molecule has 1 aromatic rings. The number of aromatic nitrogens is 2. The van der Waals surface area contributed by atoms with Gasteiger partial charge in [0.1, 0.15) is 0 Å². The SMILES string of the molecule is CCOC(=O)N1CCN(C(=O)C2CCc3cncn3C2)CC1. The molecule has 0 radical (unpaired) electrons. The Morgan fingerprint density at radius 1 is 1.27 bits per heavy atom. The van der Waals surface area contributed by atoms with E-state index >= 15 is 0 Å². The fourth-order valence-corrected chi connectivity index (χ4v) is 3.16. The topological polar surface area (TPSA) is 67.7 Å². The number of carbonyl (C=O) groups excluding carboxylic acids is 2. The molecular formula is C15H22N4O3. The molecule has 1 atom stereocenters. The van der Waals surface area contributed by atoms with Crippen molar-refractivity contribution in [3.63, 3.8) is 0 Å². The summed E-state index contributed by atoms with van der Waals surface area (Å²) in [6.45, 7) is 5.17. The van der Waals surface area contributed by atoms with Crippen LogP contribution in [0.2, 0.25) is 0 Å². The molecule has 0 bridgehead atoms. The molecule has 2 aliphatic heterocycles. The van der Waals surface area contributed by atoms with Crippen LogP contribution in [0.15, 0.2) is 12.5 Å². The molecule has 2 aliphatic rings. The van der Waals surface area contributed by atoms with E-state index in [0.29, 0.717) is 39.3 Å². The Balaban J connectivity index is 1.53. The number of hydrogen-bond donors (Lipinski definition) is 0. The summed E-state index contributed by atoms with van der Waals surface area (Å²) in [6.07, 6.45) is 5.17. The molecule has 1 fully saturated rings. The maximum atomic E-state index is 12.6. The second kappa shape index (κ2) is 6.37. The van der Waals surface area contributed by atoms with E-state index in [1.165, 1.54) is 5.69 Å². The first-order chi connectivity index (χ1) is 10.7. The molecule has 0 saturated carbocycles. The summed E-state index contributed by atoms with van der Waals surface area (Å²) in [5.41, 5.74) is 1.20. The van der Waals surface area contributed by atoms with E-state index < -0.39 is 0 Å². The predicted molar refractivity (Wildman–Crippen MR) is 79.2 cm³/mol. The van der Waals surface area contributed by atoms with Crippen molar-refractivity contribution >= 4 is 12.0 Å². The first kappa shape index (κ1) is 14.9. The molecule has 0 spiro atoms. The summed E-state index contributed by atoms with van der Waals surface area (Å²) < 4.78 is 7.07. The van der Waals surface area contributed by atoms with Crippen molar-refractivity contribution in [2.75, 3.05) is 32.8 Å². The van der Waals surface area contributed by atoms with Gasteiger partial charge in [0, 0.05) is 44.6 Å². The van der Waals surface area contributed by atoms with Crippen LogP contribution in [-0.2, 0) is 22.5 Å². The summed E-state index contributed by atoms with van der Waals surface area (Å²) in [7, 11) is 0. The molecule has 1 aromatic heterocycles. The van der Waals surface area contributed by atoms with Gasteiger partial charge < -0.3 is 19.1 Å². The average molecular weight is 306 g/mol. The second-order valence-electron chi connectivity index (χ2n) is 5.78. The number of nitrogens with zero attached hydrogens (tertiary/aromatic N) is 4. The van der Waals surface area contributed by atoms with Crippen LogP contribution in [0.1, 0.15) is 19.0 Å². The van der Waals surface area contributed by atoms with Crippen molar-refractivity contribution in [2.45, 2.75) is 26.3 Å². The maximum absolute atomic E-state index is 12.6. The Bertz CT molecular complexity index is 549. The van der Waals surface area contributed by atoms with Crippen LogP contribution < -0.4 is 0 Å². The van der Waals surface area contributed by atoms with Crippen LogP contribution in [0, 0.1) is 5.92 Å². The molecule has 7 nitrogen and oxygen atoms in total. The number of aryl methyl sites for hydroxylation is 1. The summed E-state index contributed by atoms with van der Waals surface area (Å²) >= 11 is 0. The Morgan fingerprint density at radius 2 is 2.00 bits per heavy atom. The first-order valence-corrected chi connectivity index (χ1v) is 7.88. The molecule has 0 aromatic carbocycles. The summed E-state index contributed by atoms with van der Waals surface area (Å²) in [6, 6.07) is 0. The maximum Gasteiger partial charge on any atom is 0.409 e. The van der Waals surface area contributed by atoms with Crippen LogP contribution in [0.5, 0.6) is 0 Å². The van der Waals surface area contributed by atoms with E-state index in [2.05, 4.69) is 9.55 Å². The minimum Gasteiger partial charge on any atom is -0.450 e. The summed E-state index contributed by atoms with van der Waals surface area (Å²) in [5, 5.41) is 0. The molecule has 120 valence electrons. The molecule has 7 heteroatoms. The fourth-order valence-electron chi connectivity index (χ4n) is 3.16. The van der Waals surface area contributed by atoms with Gasteiger partial charge in [0.2, 0.25) is 5.91 Å². The van der Waals surface area contributed by atoms with Gasteiger partial charge in [-0.15, -0.1) is 0 Å². The minimum atomic E-state index is -0.282. The quantitative estimate of drug-likeness (QED) is 0.808. The van der Waals surface area contributed by atoms with Crippen molar-refractivity contribution < 1.29 is 14.3 Å². The van der Waals surface area contributed by atoms with Gasteiger partial charge in [-0.1, -0.05) is 0 Å². The number of imidazole rings is 1. The lowest BCUT2D eigenvalue weighted by atomic mass is 9.96. The van der Waals surface area contributed by atoms with Crippen LogP contribution in [0.3, 0.4) is 0 Å². The largest absolute Gasteiger partial charge is 0.450 e. The second-order valence-corrected chi connectivity index (χ2v) is 5.78. The number of piperazine rings is 1. The zero-order valence-corrected chi connectivity index (χ0v) is 12.9. The number of ether oxygens (including phenoxy) is 1. The number of fused-ring (bicyclic) bond motifs is 1. The molecule has 3 heterocycles. The molecule has 1 saturated heterocycles. The standard InChI is InChI=1S/C15H22N4O3/c1-2-22-15(21)18-7-5-17(6-8-18)14(20)12-3-4-13-9-16-11-19(13)10-12/h9,11-12H,2-8,10H2,1H3. The van der Waals surface area contributed by atoms with Crippen LogP contribution in [-0.4, -0.2) is 64.1 Å². The summed E-state index contributed by atoms with van der Waals surface area (Å²) in [5.74, 6) is 0.221. The van der Waals surface area contributed by atoms with Crippen molar-refractivity contribution in [3.05, 3.63) is 18.2 Å². The highest BCUT2D eigenvalue weighted by Crippen LogP contribution is 2.22. The van der Waals surface area contributed by atoms with Crippen molar-refractivity contribution in [2.24, 2.45) is 5.92 Å². The van der Waals surface area contributed by atoms with Crippen LogP contribution in [0.25, 0.3) is 0 Å². The van der Waals surface area contributed by atoms with E-state index in [-0.39, 0.29) is 17.9 Å². The third-order valence-electron chi connectivity index (χ3n) is 4.43. The van der Waals surface area contributed by atoms with E-state index in [1.54, 1.807) is 18.2 Å². The Labute approximate surface area is 129 Å². The van der Waals surface area contributed by atoms with Crippen molar-refractivity contribution in [1.29, 1.82) is 0 Å². The minimum absolute atomic E-state index is 0.0239. The summed E-state index contributed by atoms with van der Waals surface area (Å²) in [4.78, 5) is 32.0. The van der Waals surface area contributed by atoms with Gasteiger partial charge in [-0.3, -0.25) is 4.79 Å². The van der Waals surface area contributed by atoms with Crippen molar-refractivity contribution in [1.82, 2.24) is 19.4 Å². The fraction of sp³-hybridized carbons (Fsp3) is 0.667. The Kier molecular flexibility index (Phi) is 4.31. The third-order valence-corrected chi connectivity index (χ3v) is 4.43. The van der Waals surface area contributed by atoms with Gasteiger partial charge >= 0.3 is 6.09 Å². The van der Waals surface area contributed by atoms with E-state index in [1.807, 2.05) is 11.1 Å². The zero-order valence-electron chi connectivity index (χ0n) is 12.9. The molecule has 0 N–H and O–H groups in total. The van der Waals surface area contributed by atoms with Gasteiger partial charge in [0.25, 0.3) is 0 Å². The number of amides is 2. The number of rotatable bonds is 2. The molecule has 1 unspecified atom stereocenters. The highest BCUT2D eigenvalue weighted by atomic mass is 16.6. The number of carbonyl (C=O) groups is 2. The Hall–Kier alpha value is -2.05. The molecule has 22 heavy (non-hydrogen) atoms. The molecule has 0 aliphatic carbocycles. The Morgan fingerprint density at radius 3 is 2.73 bits per heavy atom. The average Bonchev–Trinajstić information content (AvgIpc) is 3.02. The third kappa shape index (κ3) is 2.93. The highest BCUT2D eigenvalue weighted by Gasteiger charge is 2.31. The normalized spacial score (nSPS) is 21.4. The molecular weight excluding hydrogens is 284 g/mol. The zero-order chi connectivity index (χ0) is 15.5. The monoisotopic (exact) mass is 306 g/mol. The smallest absolute Gasteiger partial charge is 0.409 e.